The normalized spacial score (nSPS) is 45.4. The van der Waals surface area contributed by atoms with E-state index >= 15 is 0 Å². The lowest BCUT2D eigenvalue weighted by Gasteiger charge is -2.44. The van der Waals surface area contributed by atoms with Gasteiger partial charge >= 0.3 is 5.97 Å². The van der Waals surface area contributed by atoms with E-state index in [9.17, 15) is 24.9 Å². The van der Waals surface area contributed by atoms with Crippen molar-refractivity contribution in [1.82, 2.24) is 4.90 Å². The third kappa shape index (κ3) is 7.96. The minimum Gasteiger partial charge on any atom is -0.462 e. The number of likely N-dealkylation sites (N-methyl/N-ethyl adjacent to an activating group) is 1. The molecule has 0 bridgehead atoms. The minimum atomic E-state index is -1.10. The summed E-state index contributed by atoms with van der Waals surface area (Å²) in [6, 6.07) is -0.165. The van der Waals surface area contributed by atoms with E-state index in [4.69, 9.17) is 14.2 Å². The molecule has 0 aromatic carbocycles. The first kappa shape index (κ1) is 32.1. The van der Waals surface area contributed by atoms with Crippen LogP contribution in [0.25, 0.3) is 0 Å². The molecule has 1 radical (unpaired) electrons. The minimum absolute atomic E-state index is 0.0931. The summed E-state index contributed by atoms with van der Waals surface area (Å²) in [5.41, 5.74) is 0. The maximum Gasteiger partial charge on any atom is 0.311 e. The number of ether oxygens (including phenoxy) is 3. The van der Waals surface area contributed by atoms with Crippen molar-refractivity contribution in [3.05, 3.63) is 6.42 Å². The molecule has 9 heteroatoms. The number of aliphatic hydroxyl groups is 3. The number of ketones is 1. The van der Waals surface area contributed by atoms with Crippen molar-refractivity contribution in [1.29, 1.82) is 0 Å². The van der Waals surface area contributed by atoms with Crippen LogP contribution < -0.4 is 0 Å². The van der Waals surface area contributed by atoms with Crippen LogP contribution in [0, 0.1) is 36.0 Å². The predicted molar refractivity (Wildman–Crippen MR) is 139 cm³/mol. The topological polar surface area (TPSA) is 126 Å². The molecule has 215 valence electrons. The van der Waals surface area contributed by atoms with Crippen molar-refractivity contribution in [3.8, 4) is 0 Å². The number of Topliss-reactive ketones (excluding diaryl/α,β-unsaturated/α-hetero) is 1. The number of aliphatic hydroxyl groups excluding tert-OH is 3. The first-order chi connectivity index (χ1) is 17.2. The van der Waals surface area contributed by atoms with Crippen LogP contribution in [-0.2, 0) is 23.8 Å². The lowest BCUT2D eigenvalue weighted by Crippen LogP contribution is -2.56. The van der Waals surface area contributed by atoms with Gasteiger partial charge in [0.25, 0.3) is 0 Å². The summed E-state index contributed by atoms with van der Waals surface area (Å²) in [5, 5.41) is 33.0. The van der Waals surface area contributed by atoms with Gasteiger partial charge in [-0.15, -0.1) is 0 Å². The number of esters is 1. The lowest BCUT2D eigenvalue weighted by molar-refractivity contribution is -0.283. The third-order valence-electron chi connectivity index (χ3n) is 8.32. The van der Waals surface area contributed by atoms with E-state index in [1.54, 1.807) is 13.8 Å². The molecular weight excluding hydrogens is 478 g/mol. The van der Waals surface area contributed by atoms with Crippen LogP contribution in [0.2, 0.25) is 0 Å². The maximum absolute atomic E-state index is 13.2. The summed E-state index contributed by atoms with van der Waals surface area (Å²) in [6.45, 7) is 12.6. The number of rotatable bonds is 4. The zero-order valence-corrected chi connectivity index (χ0v) is 24.0. The summed E-state index contributed by atoms with van der Waals surface area (Å²) in [5.74, 6) is -3.32. The lowest BCUT2D eigenvalue weighted by atomic mass is 9.78. The highest BCUT2D eigenvalue weighted by atomic mass is 16.7. The zero-order valence-electron chi connectivity index (χ0n) is 24.0. The Kier molecular flexibility index (Phi) is 12.0. The number of carbonyl (C=O) groups excluding carboxylic acids is 2. The van der Waals surface area contributed by atoms with Crippen LogP contribution in [0.15, 0.2) is 0 Å². The second-order valence-corrected chi connectivity index (χ2v) is 11.7. The van der Waals surface area contributed by atoms with Gasteiger partial charge in [-0.05, 0) is 53.1 Å². The first-order valence-corrected chi connectivity index (χ1v) is 13.8. The van der Waals surface area contributed by atoms with Gasteiger partial charge in [0.05, 0.1) is 30.3 Å². The van der Waals surface area contributed by atoms with E-state index in [1.807, 2.05) is 53.6 Å². The molecule has 2 saturated heterocycles. The molecule has 0 aliphatic carbocycles. The molecule has 0 aromatic heterocycles. The molecule has 0 saturated carbocycles. The van der Waals surface area contributed by atoms with Gasteiger partial charge in [-0.2, -0.15) is 0 Å². The second-order valence-electron chi connectivity index (χ2n) is 11.7. The summed E-state index contributed by atoms with van der Waals surface area (Å²) in [4.78, 5) is 28.1. The van der Waals surface area contributed by atoms with E-state index in [1.165, 1.54) is 6.42 Å². The fraction of sp³-hybridized carbons (Fsp3) is 0.893. The van der Waals surface area contributed by atoms with Gasteiger partial charge in [0.2, 0.25) is 0 Å². The molecule has 2 heterocycles. The largest absolute Gasteiger partial charge is 0.462 e. The van der Waals surface area contributed by atoms with Gasteiger partial charge in [0, 0.05) is 30.2 Å². The van der Waals surface area contributed by atoms with Crippen LogP contribution in [0.1, 0.15) is 67.7 Å². The average molecular weight is 529 g/mol. The Morgan fingerprint density at radius 1 is 0.973 bits per heavy atom. The SMILES string of the molecule is CC[C@@H]1[CH][C@H](O)[C@@H](C)C(=O)[C@H](C)C[C@H](C)[C@H](OC2OC(C)CC(N(C)C)C2O)[C@@H](C)[C@H](O)[C@@H](C)C(=O)O1. The molecular formula is C28H50NO8. The van der Waals surface area contributed by atoms with Gasteiger partial charge in [-0.25, -0.2) is 0 Å². The molecule has 0 aromatic rings. The Bertz CT molecular complexity index is 748. The summed E-state index contributed by atoms with van der Waals surface area (Å²) >= 11 is 0. The smallest absolute Gasteiger partial charge is 0.311 e. The number of cyclic esters (lactones) is 1. The predicted octanol–water partition coefficient (Wildman–Crippen LogP) is 2.20. The highest BCUT2D eigenvalue weighted by Crippen LogP contribution is 2.34. The molecule has 0 spiro atoms. The molecule has 0 amide bonds. The van der Waals surface area contributed by atoms with E-state index in [0.29, 0.717) is 19.3 Å². The van der Waals surface area contributed by atoms with Crippen molar-refractivity contribution in [3.63, 3.8) is 0 Å². The number of hydrogen-bond donors (Lipinski definition) is 3. The van der Waals surface area contributed by atoms with Crippen LogP contribution in [0.4, 0.5) is 0 Å². The Morgan fingerprint density at radius 3 is 2.16 bits per heavy atom. The number of nitrogens with zero attached hydrogens (tertiary/aromatic N) is 1. The van der Waals surface area contributed by atoms with Crippen molar-refractivity contribution in [2.75, 3.05) is 14.1 Å². The van der Waals surface area contributed by atoms with Gasteiger partial charge in [-0.3, -0.25) is 9.59 Å². The average Bonchev–Trinajstić information content (AvgIpc) is 2.84. The highest BCUT2D eigenvalue weighted by Gasteiger charge is 2.44. The summed E-state index contributed by atoms with van der Waals surface area (Å²) in [6.07, 6.45) is -2.41. The van der Waals surface area contributed by atoms with E-state index in [0.717, 1.165) is 0 Å². The van der Waals surface area contributed by atoms with Crippen LogP contribution in [0.5, 0.6) is 0 Å². The summed E-state index contributed by atoms with van der Waals surface area (Å²) in [7, 11) is 3.80. The molecule has 2 aliphatic rings. The zero-order chi connectivity index (χ0) is 28.2. The highest BCUT2D eigenvalue weighted by molar-refractivity contribution is 5.83. The molecule has 2 aliphatic heterocycles. The molecule has 13 atom stereocenters. The standard InChI is InChI=1S/C28H50NO8/c1-10-20-13-22(30)17(5)23(31)14(2)11-15(3)26(18(6)24(32)19(7)27(34)36-20)37-28-25(33)21(29(8)9)12-16(4)35-28/h13-22,24-26,28,30,32-33H,10-12H2,1-9H3/t14-,15+,16?,17-,18+,19-,20-,21?,22+,24+,25?,26+,28?/m1/s1. The fourth-order valence-corrected chi connectivity index (χ4v) is 5.70. The third-order valence-corrected chi connectivity index (χ3v) is 8.32. The van der Waals surface area contributed by atoms with Gasteiger partial charge < -0.3 is 34.4 Å². The fourth-order valence-electron chi connectivity index (χ4n) is 5.70. The Balaban J connectivity index is 2.40. The van der Waals surface area contributed by atoms with Crippen LogP contribution >= 0.6 is 0 Å². The van der Waals surface area contributed by atoms with Gasteiger partial charge in [0.1, 0.15) is 18.0 Å². The summed E-state index contributed by atoms with van der Waals surface area (Å²) < 4.78 is 18.0. The van der Waals surface area contributed by atoms with Crippen LogP contribution in [-0.4, -0.2) is 95.0 Å². The molecule has 2 fully saturated rings. The van der Waals surface area contributed by atoms with E-state index < -0.39 is 60.5 Å². The Labute approximate surface area is 222 Å². The molecule has 4 unspecified atom stereocenters. The number of hydrogen-bond acceptors (Lipinski definition) is 9. The second kappa shape index (κ2) is 13.8. The van der Waals surface area contributed by atoms with Gasteiger partial charge in [0.15, 0.2) is 6.29 Å². The van der Waals surface area contributed by atoms with E-state index in [2.05, 4.69) is 0 Å². The van der Waals surface area contributed by atoms with Gasteiger partial charge in [-0.1, -0.05) is 34.6 Å². The van der Waals surface area contributed by atoms with Crippen molar-refractivity contribution >= 4 is 11.8 Å². The first-order valence-electron chi connectivity index (χ1n) is 13.8. The Morgan fingerprint density at radius 2 is 1.59 bits per heavy atom. The van der Waals surface area contributed by atoms with Crippen LogP contribution in [0.3, 0.4) is 0 Å². The van der Waals surface area contributed by atoms with Crippen molar-refractivity contribution in [2.24, 2.45) is 29.6 Å². The maximum atomic E-state index is 13.2. The quantitative estimate of drug-likeness (QED) is 0.471. The molecule has 9 nitrogen and oxygen atoms in total. The molecule has 37 heavy (non-hydrogen) atoms. The Hall–Kier alpha value is -1.10. The molecule has 3 N–H and O–H groups in total. The molecule has 2 rings (SSSR count). The van der Waals surface area contributed by atoms with Crippen molar-refractivity contribution < 1.29 is 39.1 Å². The van der Waals surface area contributed by atoms with Crippen molar-refractivity contribution in [2.45, 2.75) is 117 Å². The monoisotopic (exact) mass is 528 g/mol. The number of carbonyl (C=O) groups is 2. The van der Waals surface area contributed by atoms with E-state index in [-0.39, 0.29) is 29.8 Å².